The van der Waals surface area contributed by atoms with Crippen LogP contribution in [0.25, 0.3) is 0 Å². The standard InChI is InChI=1S/C13H19BrN2O3S/c14-11-6-12(8-15-7-11)20(18,19)16-9-13(10-17)4-2-1-3-5-13/h6-8,16-17H,1-5,9-10H2. The lowest BCUT2D eigenvalue weighted by molar-refractivity contribution is 0.0867. The number of hydrogen-bond acceptors (Lipinski definition) is 4. The molecule has 0 bridgehead atoms. The molecule has 0 unspecified atom stereocenters. The highest BCUT2D eigenvalue weighted by Gasteiger charge is 2.32. The molecule has 0 aromatic carbocycles. The molecule has 20 heavy (non-hydrogen) atoms. The first-order chi connectivity index (χ1) is 9.47. The van der Waals surface area contributed by atoms with Crippen LogP contribution >= 0.6 is 15.9 Å². The van der Waals surface area contributed by atoms with Gasteiger partial charge in [-0.25, -0.2) is 13.1 Å². The Balaban J connectivity index is 2.08. The van der Waals surface area contributed by atoms with Crippen LogP contribution < -0.4 is 4.72 Å². The average Bonchev–Trinajstić information content (AvgIpc) is 2.46. The maximum atomic E-state index is 12.2. The lowest BCUT2D eigenvalue weighted by Gasteiger charge is -2.35. The summed E-state index contributed by atoms with van der Waals surface area (Å²) in [7, 11) is -3.58. The van der Waals surface area contributed by atoms with Crippen LogP contribution in [0.2, 0.25) is 0 Å². The fourth-order valence-corrected chi connectivity index (χ4v) is 4.22. The third kappa shape index (κ3) is 3.78. The van der Waals surface area contributed by atoms with Gasteiger partial charge in [0.1, 0.15) is 4.90 Å². The van der Waals surface area contributed by atoms with E-state index in [1.165, 1.54) is 18.5 Å². The molecule has 1 aromatic rings. The number of nitrogens with one attached hydrogen (secondary N) is 1. The monoisotopic (exact) mass is 362 g/mol. The summed E-state index contributed by atoms with van der Waals surface area (Å²) >= 11 is 3.21. The summed E-state index contributed by atoms with van der Waals surface area (Å²) in [5.74, 6) is 0. The van der Waals surface area contributed by atoms with Gasteiger partial charge in [-0.15, -0.1) is 0 Å². The SMILES string of the molecule is O=S(=O)(NCC1(CO)CCCCC1)c1cncc(Br)c1. The van der Waals surface area contributed by atoms with Crippen molar-refractivity contribution < 1.29 is 13.5 Å². The Bertz CT molecular complexity index is 556. The van der Waals surface area contributed by atoms with Gasteiger partial charge >= 0.3 is 0 Å². The second-order valence-electron chi connectivity index (χ2n) is 5.38. The van der Waals surface area contributed by atoms with E-state index in [4.69, 9.17) is 0 Å². The molecule has 0 spiro atoms. The zero-order valence-corrected chi connectivity index (χ0v) is 13.6. The molecule has 2 N–H and O–H groups in total. The number of hydrogen-bond donors (Lipinski definition) is 2. The van der Waals surface area contributed by atoms with Gasteiger partial charge in [0.2, 0.25) is 10.0 Å². The summed E-state index contributed by atoms with van der Waals surface area (Å²) in [4.78, 5) is 4.00. The maximum Gasteiger partial charge on any atom is 0.242 e. The number of aliphatic hydroxyl groups excluding tert-OH is 1. The molecule has 0 aliphatic heterocycles. The van der Waals surface area contributed by atoms with Crippen molar-refractivity contribution in [2.45, 2.75) is 37.0 Å². The highest BCUT2D eigenvalue weighted by molar-refractivity contribution is 9.10. The highest BCUT2D eigenvalue weighted by atomic mass is 79.9. The Kier molecular flexibility index (Phi) is 5.17. The molecule has 112 valence electrons. The Labute approximate surface area is 128 Å². The molecule has 0 atom stereocenters. The number of nitrogens with zero attached hydrogens (tertiary/aromatic N) is 1. The van der Waals surface area contributed by atoms with Crippen molar-refractivity contribution in [3.05, 3.63) is 22.9 Å². The fourth-order valence-electron chi connectivity index (χ4n) is 2.56. The second-order valence-corrected chi connectivity index (χ2v) is 8.06. The van der Waals surface area contributed by atoms with E-state index in [0.717, 1.165) is 32.1 Å². The predicted molar refractivity (Wildman–Crippen MR) is 79.7 cm³/mol. The van der Waals surface area contributed by atoms with Gasteiger partial charge in [0.05, 0.1) is 0 Å². The molecule has 1 aliphatic carbocycles. The van der Waals surface area contributed by atoms with Crippen LogP contribution in [0, 0.1) is 5.41 Å². The van der Waals surface area contributed by atoms with E-state index in [1.807, 2.05) is 0 Å². The van der Waals surface area contributed by atoms with Crippen LogP contribution in [0.15, 0.2) is 27.8 Å². The molecule has 1 fully saturated rings. The lowest BCUT2D eigenvalue weighted by atomic mass is 9.75. The molecule has 1 saturated carbocycles. The van der Waals surface area contributed by atoms with E-state index < -0.39 is 10.0 Å². The van der Waals surface area contributed by atoms with Gasteiger partial charge in [-0.05, 0) is 34.8 Å². The van der Waals surface area contributed by atoms with Crippen LogP contribution in [0.3, 0.4) is 0 Å². The number of sulfonamides is 1. The van der Waals surface area contributed by atoms with Gasteiger partial charge in [0, 0.05) is 35.4 Å². The van der Waals surface area contributed by atoms with Crippen molar-refractivity contribution in [2.24, 2.45) is 5.41 Å². The van der Waals surface area contributed by atoms with Crippen molar-refractivity contribution in [3.63, 3.8) is 0 Å². The summed E-state index contributed by atoms with van der Waals surface area (Å²) in [5.41, 5.74) is -0.315. The minimum absolute atomic E-state index is 0.0201. The molecule has 1 aromatic heterocycles. The number of aliphatic hydroxyl groups is 1. The minimum atomic E-state index is -3.58. The van der Waals surface area contributed by atoms with Gasteiger partial charge < -0.3 is 5.11 Å². The van der Waals surface area contributed by atoms with Gasteiger partial charge in [-0.1, -0.05) is 19.3 Å². The van der Waals surface area contributed by atoms with Crippen LogP contribution in [-0.2, 0) is 10.0 Å². The first-order valence-electron chi connectivity index (χ1n) is 6.69. The van der Waals surface area contributed by atoms with Gasteiger partial charge in [0.15, 0.2) is 0 Å². The van der Waals surface area contributed by atoms with Crippen LogP contribution in [0.4, 0.5) is 0 Å². The quantitative estimate of drug-likeness (QED) is 0.840. The first-order valence-corrected chi connectivity index (χ1v) is 8.96. The van der Waals surface area contributed by atoms with E-state index in [9.17, 15) is 13.5 Å². The van der Waals surface area contributed by atoms with Crippen molar-refractivity contribution in [1.29, 1.82) is 0 Å². The van der Waals surface area contributed by atoms with Gasteiger partial charge in [0.25, 0.3) is 0 Å². The third-order valence-corrected chi connectivity index (χ3v) is 5.68. The minimum Gasteiger partial charge on any atom is -0.396 e. The predicted octanol–water partition coefficient (Wildman–Crippen LogP) is 2.07. The topological polar surface area (TPSA) is 79.3 Å². The summed E-state index contributed by atoms with van der Waals surface area (Å²) in [6.07, 6.45) is 7.83. The van der Waals surface area contributed by atoms with Crippen molar-refractivity contribution in [2.75, 3.05) is 13.2 Å². The summed E-state index contributed by atoms with van der Waals surface area (Å²) in [6.45, 7) is 0.296. The molecular weight excluding hydrogens is 344 g/mol. The number of rotatable bonds is 5. The summed E-state index contributed by atoms with van der Waals surface area (Å²) in [5, 5.41) is 9.60. The zero-order chi connectivity index (χ0) is 14.6. The Morgan fingerprint density at radius 1 is 1.30 bits per heavy atom. The van der Waals surface area contributed by atoms with Gasteiger partial charge in [-0.3, -0.25) is 4.98 Å². The van der Waals surface area contributed by atoms with E-state index in [-0.39, 0.29) is 23.5 Å². The van der Waals surface area contributed by atoms with Crippen molar-refractivity contribution >= 4 is 26.0 Å². The lowest BCUT2D eigenvalue weighted by Crippen LogP contribution is -2.41. The van der Waals surface area contributed by atoms with Crippen LogP contribution in [-0.4, -0.2) is 31.7 Å². The molecular formula is C13H19BrN2O3S. The van der Waals surface area contributed by atoms with Crippen LogP contribution in [0.1, 0.15) is 32.1 Å². The van der Waals surface area contributed by atoms with E-state index >= 15 is 0 Å². The summed E-state index contributed by atoms with van der Waals surface area (Å²) < 4.78 is 27.7. The second kappa shape index (κ2) is 6.51. The molecule has 7 heteroatoms. The molecule has 1 aliphatic rings. The Hall–Kier alpha value is -0.500. The molecule has 1 heterocycles. The fraction of sp³-hybridized carbons (Fsp3) is 0.615. The smallest absolute Gasteiger partial charge is 0.242 e. The number of pyridine rings is 1. The Morgan fingerprint density at radius 3 is 2.60 bits per heavy atom. The van der Waals surface area contributed by atoms with Crippen molar-refractivity contribution in [3.8, 4) is 0 Å². The molecule has 0 radical (unpaired) electrons. The molecule has 0 saturated heterocycles. The first kappa shape index (κ1) is 15.9. The molecule has 5 nitrogen and oxygen atoms in total. The number of aromatic nitrogens is 1. The molecule has 2 rings (SSSR count). The van der Waals surface area contributed by atoms with Crippen molar-refractivity contribution in [1.82, 2.24) is 9.71 Å². The van der Waals surface area contributed by atoms with Gasteiger partial charge in [-0.2, -0.15) is 0 Å². The molecule has 0 amide bonds. The summed E-state index contributed by atoms with van der Waals surface area (Å²) in [6, 6.07) is 1.52. The number of halogens is 1. The maximum absolute atomic E-state index is 12.2. The van der Waals surface area contributed by atoms with Crippen LogP contribution in [0.5, 0.6) is 0 Å². The third-order valence-electron chi connectivity index (χ3n) is 3.88. The Morgan fingerprint density at radius 2 is 2.00 bits per heavy atom. The van der Waals surface area contributed by atoms with E-state index in [0.29, 0.717) is 4.47 Å². The highest BCUT2D eigenvalue weighted by Crippen LogP contribution is 2.35. The normalized spacial score (nSPS) is 18.9. The average molecular weight is 363 g/mol. The zero-order valence-electron chi connectivity index (χ0n) is 11.2. The largest absolute Gasteiger partial charge is 0.396 e. The van der Waals surface area contributed by atoms with E-state index in [1.54, 1.807) is 0 Å². The van der Waals surface area contributed by atoms with E-state index in [2.05, 4.69) is 25.6 Å².